The highest BCUT2D eigenvalue weighted by Crippen LogP contribution is 2.29. The van der Waals surface area contributed by atoms with Gasteiger partial charge < -0.3 is 15.6 Å². The Kier molecular flexibility index (Phi) is 4.06. The van der Waals surface area contributed by atoms with Crippen molar-refractivity contribution in [3.63, 3.8) is 0 Å². The van der Waals surface area contributed by atoms with Crippen LogP contribution >= 0.6 is 11.8 Å². The summed E-state index contributed by atoms with van der Waals surface area (Å²) in [6, 6.07) is 5.48. The van der Waals surface area contributed by atoms with Crippen LogP contribution in [0.4, 0.5) is 0 Å². The van der Waals surface area contributed by atoms with E-state index in [-0.39, 0.29) is 11.8 Å². The molecule has 1 atom stereocenters. The van der Waals surface area contributed by atoms with E-state index in [1.54, 1.807) is 0 Å². The molecule has 3 rings (SSSR count). The number of amides is 2. The summed E-state index contributed by atoms with van der Waals surface area (Å²) in [6.45, 7) is 6.05. The third-order valence-corrected chi connectivity index (χ3v) is 5.30. The number of benzene rings is 1. The lowest BCUT2D eigenvalue weighted by atomic mass is 10.1. The fourth-order valence-corrected chi connectivity index (χ4v) is 3.43. The van der Waals surface area contributed by atoms with Crippen molar-refractivity contribution < 1.29 is 9.59 Å². The number of carbonyl (C=O) groups excluding carboxylic acids is 2. The summed E-state index contributed by atoms with van der Waals surface area (Å²) in [5.74, 6) is 0.990. The predicted molar refractivity (Wildman–Crippen MR) is 91.1 cm³/mol. The highest BCUT2D eigenvalue weighted by Gasteiger charge is 2.37. The van der Waals surface area contributed by atoms with Crippen LogP contribution in [-0.4, -0.2) is 38.3 Å². The molecule has 2 heterocycles. The molecule has 0 saturated carbocycles. The predicted octanol–water partition coefficient (Wildman–Crippen LogP) is 1.50. The number of thioether (sulfide) groups is 1. The second-order valence-corrected chi connectivity index (χ2v) is 7.91. The number of aromatic amines is 1. The normalized spacial score (nSPS) is 20.3. The number of imidazole rings is 1. The SMILES string of the molecule is Cc1ccc2nc(CNC(=O)[C@H]3CSC(C)(C)C(=O)N3)[nH]c2c1. The molecule has 0 unspecified atom stereocenters. The number of hydrogen-bond donors (Lipinski definition) is 3. The molecule has 6 nitrogen and oxygen atoms in total. The van der Waals surface area contributed by atoms with Crippen LogP contribution in [0.15, 0.2) is 18.2 Å². The zero-order valence-electron chi connectivity index (χ0n) is 13.4. The van der Waals surface area contributed by atoms with Gasteiger partial charge in [-0.1, -0.05) is 6.07 Å². The molecule has 2 amide bonds. The fraction of sp³-hybridized carbons (Fsp3) is 0.438. The second kappa shape index (κ2) is 5.88. The maximum Gasteiger partial charge on any atom is 0.243 e. The monoisotopic (exact) mass is 332 g/mol. The van der Waals surface area contributed by atoms with E-state index in [0.29, 0.717) is 18.1 Å². The van der Waals surface area contributed by atoms with Crippen molar-refractivity contribution in [1.82, 2.24) is 20.6 Å². The van der Waals surface area contributed by atoms with Gasteiger partial charge in [-0.05, 0) is 38.5 Å². The minimum atomic E-state index is -0.493. The molecule has 7 heteroatoms. The van der Waals surface area contributed by atoms with Crippen LogP contribution < -0.4 is 10.6 Å². The molecule has 1 aliphatic rings. The molecular weight excluding hydrogens is 312 g/mol. The van der Waals surface area contributed by atoms with Crippen LogP contribution in [0.25, 0.3) is 11.0 Å². The molecule has 1 aromatic carbocycles. The molecule has 2 aromatic rings. The van der Waals surface area contributed by atoms with Crippen LogP contribution in [0.3, 0.4) is 0 Å². The summed E-state index contributed by atoms with van der Waals surface area (Å²) >= 11 is 1.50. The van der Waals surface area contributed by atoms with Crippen molar-refractivity contribution >= 4 is 34.6 Å². The number of nitrogens with zero attached hydrogens (tertiary/aromatic N) is 1. The van der Waals surface area contributed by atoms with Crippen molar-refractivity contribution in [2.45, 2.75) is 38.1 Å². The molecule has 1 aliphatic heterocycles. The highest BCUT2D eigenvalue weighted by molar-refractivity contribution is 8.01. The number of rotatable bonds is 3. The van der Waals surface area contributed by atoms with E-state index in [1.165, 1.54) is 11.8 Å². The first kappa shape index (κ1) is 15.9. The van der Waals surface area contributed by atoms with E-state index < -0.39 is 10.8 Å². The second-order valence-electron chi connectivity index (χ2n) is 6.27. The van der Waals surface area contributed by atoms with E-state index in [4.69, 9.17) is 0 Å². The summed E-state index contributed by atoms with van der Waals surface area (Å²) in [7, 11) is 0. The topological polar surface area (TPSA) is 86.9 Å². The number of H-pyrrole nitrogens is 1. The largest absolute Gasteiger partial charge is 0.347 e. The van der Waals surface area contributed by atoms with Gasteiger partial charge in [-0.15, -0.1) is 11.8 Å². The molecule has 1 aromatic heterocycles. The Morgan fingerprint density at radius 3 is 3.00 bits per heavy atom. The van der Waals surface area contributed by atoms with Gasteiger partial charge in [-0.25, -0.2) is 4.98 Å². The van der Waals surface area contributed by atoms with E-state index in [9.17, 15) is 9.59 Å². The quantitative estimate of drug-likeness (QED) is 0.795. The number of aryl methyl sites for hydroxylation is 1. The molecule has 0 spiro atoms. The van der Waals surface area contributed by atoms with E-state index >= 15 is 0 Å². The zero-order valence-corrected chi connectivity index (χ0v) is 14.2. The van der Waals surface area contributed by atoms with Gasteiger partial charge in [0.15, 0.2) is 0 Å². The fourth-order valence-electron chi connectivity index (χ4n) is 2.43. The molecule has 23 heavy (non-hydrogen) atoms. The van der Waals surface area contributed by atoms with Crippen molar-refractivity contribution in [2.24, 2.45) is 0 Å². The van der Waals surface area contributed by atoms with Gasteiger partial charge in [-0.3, -0.25) is 9.59 Å². The van der Waals surface area contributed by atoms with Crippen molar-refractivity contribution in [3.8, 4) is 0 Å². The Morgan fingerprint density at radius 2 is 2.26 bits per heavy atom. The first-order valence-corrected chi connectivity index (χ1v) is 8.51. The van der Waals surface area contributed by atoms with Gasteiger partial charge in [0.2, 0.25) is 11.8 Å². The molecule has 1 saturated heterocycles. The van der Waals surface area contributed by atoms with Gasteiger partial charge in [0, 0.05) is 5.75 Å². The zero-order chi connectivity index (χ0) is 16.6. The standard InChI is InChI=1S/C16H20N4O2S/c1-9-4-5-10-11(6-9)19-13(18-10)7-17-14(21)12-8-23-16(2,3)15(22)20-12/h4-6,12H,7-8H2,1-3H3,(H,17,21)(H,18,19)(H,20,22)/t12-/m1/s1. The number of carbonyl (C=O) groups is 2. The highest BCUT2D eigenvalue weighted by atomic mass is 32.2. The van der Waals surface area contributed by atoms with Crippen molar-refractivity contribution in [2.75, 3.05) is 5.75 Å². The average molecular weight is 332 g/mol. The lowest BCUT2D eigenvalue weighted by Crippen LogP contribution is -2.57. The lowest BCUT2D eigenvalue weighted by molar-refractivity contribution is -0.129. The van der Waals surface area contributed by atoms with Gasteiger partial charge >= 0.3 is 0 Å². The Balaban J connectivity index is 1.61. The Bertz CT molecular complexity index is 769. The molecule has 1 fully saturated rings. The summed E-state index contributed by atoms with van der Waals surface area (Å²) in [5, 5.41) is 5.61. The summed E-state index contributed by atoms with van der Waals surface area (Å²) in [6.07, 6.45) is 0. The van der Waals surface area contributed by atoms with Gasteiger partial charge in [0.1, 0.15) is 11.9 Å². The first-order chi connectivity index (χ1) is 10.8. The van der Waals surface area contributed by atoms with Gasteiger partial charge in [-0.2, -0.15) is 0 Å². The molecule has 0 bridgehead atoms. The summed E-state index contributed by atoms with van der Waals surface area (Å²) < 4.78 is -0.479. The minimum absolute atomic E-state index is 0.104. The minimum Gasteiger partial charge on any atom is -0.347 e. The Morgan fingerprint density at radius 1 is 1.48 bits per heavy atom. The lowest BCUT2D eigenvalue weighted by Gasteiger charge is -2.32. The average Bonchev–Trinajstić information content (AvgIpc) is 2.89. The number of aromatic nitrogens is 2. The van der Waals surface area contributed by atoms with Gasteiger partial charge in [0.25, 0.3) is 0 Å². The van der Waals surface area contributed by atoms with E-state index in [0.717, 1.165) is 16.6 Å². The van der Waals surface area contributed by atoms with Crippen molar-refractivity contribution in [3.05, 3.63) is 29.6 Å². The smallest absolute Gasteiger partial charge is 0.243 e. The summed E-state index contributed by atoms with van der Waals surface area (Å²) in [4.78, 5) is 31.8. The maximum atomic E-state index is 12.2. The Labute approximate surface area is 138 Å². The maximum absolute atomic E-state index is 12.2. The molecule has 0 radical (unpaired) electrons. The summed E-state index contributed by atoms with van der Waals surface area (Å²) in [5.41, 5.74) is 2.99. The van der Waals surface area contributed by atoms with Crippen LogP contribution in [-0.2, 0) is 16.1 Å². The van der Waals surface area contributed by atoms with Crippen molar-refractivity contribution in [1.29, 1.82) is 0 Å². The Hall–Kier alpha value is -2.02. The van der Waals surface area contributed by atoms with Crippen LogP contribution in [0.1, 0.15) is 25.2 Å². The van der Waals surface area contributed by atoms with Crippen LogP contribution in [0, 0.1) is 6.92 Å². The number of nitrogens with one attached hydrogen (secondary N) is 3. The third-order valence-electron chi connectivity index (χ3n) is 3.90. The van der Waals surface area contributed by atoms with Crippen LogP contribution in [0.5, 0.6) is 0 Å². The number of hydrogen-bond acceptors (Lipinski definition) is 4. The molecular formula is C16H20N4O2S. The molecule has 3 N–H and O–H groups in total. The number of fused-ring (bicyclic) bond motifs is 1. The van der Waals surface area contributed by atoms with E-state index in [1.807, 2.05) is 39.0 Å². The van der Waals surface area contributed by atoms with Crippen LogP contribution in [0.2, 0.25) is 0 Å². The van der Waals surface area contributed by atoms with E-state index in [2.05, 4.69) is 20.6 Å². The third kappa shape index (κ3) is 3.34. The molecule has 122 valence electrons. The first-order valence-electron chi connectivity index (χ1n) is 7.53. The van der Waals surface area contributed by atoms with Gasteiger partial charge in [0.05, 0.1) is 22.3 Å². The molecule has 0 aliphatic carbocycles.